The molecule has 5 saturated heterocycles. The van der Waals surface area contributed by atoms with Crippen LogP contribution in [0, 0.1) is 5.92 Å². The molecule has 34 heteroatoms. The molecule has 5 aliphatic rings. The number of rotatable bonds is 27. The van der Waals surface area contributed by atoms with E-state index in [0.29, 0.717) is 32.1 Å². The lowest BCUT2D eigenvalue weighted by molar-refractivity contribution is -0.147. The third-order valence-electron chi connectivity index (χ3n) is 21.0. The number of nitrogens with zero attached hydrogens (tertiary/aromatic N) is 6. The molecule has 0 bridgehead atoms. The lowest BCUT2D eigenvalue weighted by Gasteiger charge is -2.38. The number of thioether (sulfide) groups is 1. The van der Waals surface area contributed by atoms with Gasteiger partial charge in [-0.25, -0.2) is 0 Å². The van der Waals surface area contributed by atoms with Crippen LogP contribution in [0.1, 0.15) is 99.0 Å². The molecule has 7 amide bonds. The van der Waals surface area contributed by atoms with Crippen molar-refractivity contribution in [3.05, 3.63) is 108 Å². The first-order chi connectivity index (χ1) is 51.5. The molecule has 9 rings (SSSR count). The Labute approximate surface area is 634 Å². The molecule has 0 aromatic heterocycles. The van der Waals surface area contributed by atoms with E-state index in [1.807, 2.05) is 11.8 Å². The summed E-state index contributed by atoms with van der Waals surface area (Å²) >= 11 is -2.82. The molecule has 0 unspecified atom stereocenters. The van der Waals surface area contributed by atoms with Crippen LogP contribution in [0.4, 0.5) is 17.1 Å². The Morgan fingerprint density at radius 1 is 0.676 bits per heavy atom. The number of carbonyl (C=O) groups is 7. The van der Waals surface area contributed by atoms with Crippen LogP contribution in [0.2, 0.25) is 0 Å². The highest BCUT2D eigenvalue weighted by atomic mass is 32.3. The van der Waals surface area contributed by atoms with Gasteiger partial charge in [0.2, 0.25) is 35.4 Å². The Balaban J connectivity index is 0.895. The van der Waals surface area contributed by atoms with Gasteiger partial charge in [-0.1, -0.05) is 38.0 Å². The SMILES string of the molecule is COCCCCCCSc1ccc(C2CCN(c3ccc(N4CCN(c5ccc(C(=O)N[C@H]6C[C@@H](O)CNC(=O)[C@@H]7[C@@H](O)[C@@H](C)CN7C(=O)[C@H]([C@H](O)CCN(C)C(CO)CO)NC(=O)[C@H]([C@H](O)Cc7ccc(O)c(OS(O)(O)O)c7)NC(=O)[C@@H]7C[C@@H](O)CN7C(=O)[C@H]([C@@H](C)O)NC6=O)cc5)CC4)cc3)CC2)cc1. The number of aliphatic hydroxyl groups is 8. The van der Waals surface area contributed by atoms with Crippen LogP contribution in [0.3, 0.4) is 0 Å². The Morgan fingerprint density at radius 2 is 1.26 bits per heavy atom. The number of likely N-dealkylation sites (N-methyl/N-ethyl adjacent to an activating group) is 1. The molecule has 0 saturated carbocycles. The summed E-state index contributed by atoms with van der Waals surface area (Å²) in [5.74, 6) is -8.67. The van der Waals surface area contributed by atoms with Crippen LogP contribution < -0.4 is 45.5 Å². The molecule has 4 aromatic carbocycles. The lowest BCUT2D eigenvalue weighted by Crippen LogP contribution is -2.64. The van der Waals surface area contributed by atoms with E-state index in [2.05, 4.69) is 94.0 Å². The maximum atomic E-state index is 15.1. The molecule has 4 aromatic rings. The molecule has 5 aliphatic heterocycles. The number of β-amino-alcohol motifs (C(OH)–C–C–N with tert-alkyl or cyclic N) is 1. The maximum Gasteiger partial charge on any atom is 0.266 e. The molecular formula is C74H107N11O21S2. The Bertz CT molecular complexity index is 3620. The van der Waals surface area contributed by atoms with Crippen molar-refractivity contribution in [3.63, 3.8) is 0 Å². The number of fused-ring (bicyclic) bond motifs is 2. The molecule has 0 aliphatic carbocycles. The van der Waals surface area contributed by atoms with E-state index in [0.717, 1.165) is 84.9 Å². The van der Waals surface area contributed by atoms with Gasteiger partial charge in [0.1, 0.15) is 36.3 Å². The minimum Gasteiger partial charge on any atom is -0.504 e. The second-order valence-electron chi connectivity index (χ2n) is 28.8. The number of methoxy groups -OCH3 is 1. The molecule has 596 valence electrons. The summed E-state index contributed by atoms with van der Waals surface area (Å²) in [6.07, 6.45) is -6.04. The molecule has 13 atom stereocenters. The number of hydrogen-bond acceptors (Lipinski definition) is 26. The number of benzene rings is 4. The molecule has 5 heterocycles. The first kappa shape index (κ1) is 84.4. The van der Waals surface area contributed by atoms with Crippen molar-refractivity contribution in [2.24, 2.45) is 5.92 Å². The zero-order chi connectivity index (χ0) is 78.1. The third kappa shape index (κ3) is 22.5. The number of hydrogen-bond donors (Lipinski definition) is 17. The van der Waals surface area contributed by atoms with Crippen molar-refractivity contribution in [2.75, 3.05) is 120 Å². The lowest BCUT2D eigenvalue weighted by atomic mass is 9.89. The van der Waals surface area contributed by atoms with Crippen LogP contribution in [-0.4, -0.2) is 300 Å². The van der Waals surface area contributed by atoms with Gasteiger partial charge in [0.05, 0.1) is 55.9 Å². The normalized spacial score (nSPS) is 25.2. The van der Waals surface area contributed by atoms with Gasteiger partial charge in [0, 0.05) is 132 Å². The summed E-state index contributed by atoms with van der Waals surface area (Å²) in [5.41, 5.74) is 4.52. The average molecular weight is 1550 g/mol. The van der Waals surface area contributed by atoms with E-state index in [-0.39, 0.29) is 24.2 Å². The zero-order valence-electron chi connectivity index (χ0n) is 61.3. The first-order valence-electron chi connectivity index (χ1n) is 36.8. The van der Waals surface area contributed by atoms with E-state index in [1.165, 1.54) is 60.3 Å². The van der Waals surface area contributed by atoms with E-state index in [4.69, 9.17) is 4.74 Å². The third-order valence-corrected chi connectivity index (χ3v) is 22.5. The van der Waals surface area contributed by atoms with Crippen molar-refractivity contribution in [1.82, 2.24) is 41.3 Å². The number of aliphatic hydroxyl groups excluding tert-OH is 8. The Hall–Kier alpha value is -7.65. The van der Waals surface area contributed by atoms with E-state index >= 15 is 4.79 Å². The number of nitrogens with one attached hydrogen (secondary N) is 5. The van der Waals surface area contributed by atoms with Crippen LogP contribution >= 0.6 is 22.9 Å². The van der Waals surface area contributed by atoms with Crippen LogP contribution in [-0.2, 0) is 39.9 Å². The Kier molecular flexibility index (Phi) is 30.7. The molecule has 17 N–H and O–H groups in total. The van der Waals surface area contributed by atoms with Crippen LogP contribution in [0.5, 0.6) is 11.5 Å². The minimum atomic E-state index is -4.75. The number of piperidine rings is 1. The van der Waals surface area contributed by atoms with E-state index in [1.54, 1.807) is 31.4 Å². The topological polar surface area (TPSA) is 460 Å². The van der Waals surface area contributed by atoms with Crippen molar-refractivity contribution < 1.29 is 102 Å². The largest absolute Gasteiger partial charge is 0.504 e. The number of phenolic OH excluding ortho intramolecular Hbond substituents is 1. The Morgan fingerprint density at radius 3 is 1.86 bits per heavy atom. The molecule has 32 nitrogen and oxygen atoms in total. The highest BCUT2D eigenvalue weighted by Gasteiger charge is 2.50. The number of phenols is 1. The predicted molar refractivity (Wildman–Crippen MR) is 403 cm³/mol. The highest BCUT2D eigenvalue weighted by molar-refractivity contribution is 8.15. The highest BCUT2D eigenvalue weighted by Crippen LogP contribution is 2.41. The second kappa shape index (κ2) is 39.3. The number of anilines is 3. The van der Waals surface area contributed by atoms with Gasteiger partial charge >= 0.3 is 0 Å². The number of piperazine rings is 1. The summed E-state index contributed by atoms with van der Waals surface area (Å²) in [6, 6.07) is 15.1. The van der Waals surface area contributed by atoms with Gasteiger partial charge in [0.15, 0.2) is 11.5 Å². The average Bonchev–Trinajstić information content (AvgIpc) is 1.62. The number of unbranched alkanes of at least 4 members (excludes halogenated alkanes) is 3. The fraction of sp³-hybridized carbons (Fsp3) is 0.581. The first-order valence-corrected chi connectivity index (χ1v) is 39.3. The van der Waals surface area contributed by atoms with Crippen LogP contribution in [0.25, 0.3) is 0 Å². The summed E-state index contributed by atoms with van der Waals surface area (Å²) in [5, 5.41) is 112. The fourth-order valence-corrected chi connectivity index (χ4v) is 15.8. The van der Waals surface area contributed by atoms with Gasteiger partial charge < -0.3 is 106 Å². The second-order valence-corrected chi connectivity index (χ2v) is 31.0. The van der Waals surface area contributed by atoms with Crippen molar-refractivity contribution in [1.29, 1.82) is 0 Å². The summed E-state index contributed by atoms with van der Waals surface area (Å²) in [6.45, 7) is 5.22. The van der Waals surface area contributed by atoms with Gasteiger partial charge in [-0.3, -0.25) is 52.1 Å². The number of amides is 7. The van der Waals surface area contributed by atoms with Crippen molar-refractivity contribution >= 4 is 81.3 Å². The molecule has 108 heavy (non-hydrogen) atoms. The summed E-state index contributed by atoms with van der Waals surface area (Å²) < 4.78 is 38.7. The van der Waals surface area contributed by atoms with Gasteiger partial charge in [-0.05, 0) is 142 Å². The van der Waals surface area contributed by atoms with Gasteiger partial charge in [-0.2, -0.15) is 0 Å². The fourth-order valence-electron chi connectivity index (χ4n) is 14.5. The number of ether oxygens (including phenoxy) is 1. The summed E-state index contributed by atoms with van der Waals surface area (Å²) in [4.78, 5) is 114. The number of aromatic hydroxyl groups is 1. The van der Waals surface area contributed by atoms with Gasteiger partial charge in [-0.15, -0.1) is 11.8 Å². The molecule has 5 fully saturated rings. The van der Waals surface area contributed by atoms with Crippen molar-refractivity contribution in [3.8, 4) is 11.5 Å². The predicted octanol–water partition coefficient (Wildman–Crippen LogP) is 0.543. The van der Waals surface area contributed by atoms with Crippen molar-refractivity contribution in [2.45, 2.75) is 168 Å². The molecule has 0 radical (unpaired) electrons. The van der Waals surface area contributed by atoms with E-state index in [9.17, 15) is 88.4 Å². The summed E-state index contributed by atoms with van der Waals surface area (Å²) in [7, 11) is 3.23. The molecular weight excluding hydrogens is 1440 g/mol. The maximum absolute atomic E-state index is 15.1. The minimum absolute atomic E-state index is 0.0558. The van der Waals surface area contributed by atoms with E-state index < -0.39 is 201 Å². The van der Waals surface area contributed by atoms with Gasteiger partial charge in [0.25, 0.3) is 17.1 Å². The number of carbonyl (C=O) groups excluding carboxylic acids is 7. The van der Waals surface area contributed by atoms with Crippen LogP contribution in [0.15, 0.2) is 95.9 Å². The zero-order valence-corrected chi connectivity index (χ0v) is 63.0. The monoisotopic (exact) mass is 1550 g/mol. The smallest absolute Gasteiger partial charge is 0.266 e. The molecule has 0 spiro atoms. The quantitative estimate of drug-likeness (QED) is 0.0286. The standard InChI is InChI=1S/C74H107N11O21S2/c1-44-40-85-66(67(44)94)72(99)75-39-54(89)37-57(76-68(95)49-10-14-50(15-11-49)82-29-31-83(32-30-82)52-18-16-51(17-19-52)81-27-23-48(24-28-81)47-12-20-56(21-13-47)107-34-8-6-5-7-33-105-4)69(96)77-63(45(2)88)73(100)84-41-55(90)38-58(84)70(97)78-64(61(93)35-46-9-22-59(91)62(36-46)106-108(102,103)104)71(98)79-65(74(85)101)60(92)25-26-80(3)53(42-86)43-87/h9-22,36,44-45,48,53-55,57-58,60-61,63-67,86-94,102-104H,5-8,23-35,37-43H2,1-4H3,(H,75,99)(H,76,95)(H,77,96)(H,78,97)(H,79,98)/t44-,45+,54+,55+,57-,58-,60+,61+,63-,64-,65-,66-,67-/m0/s1.